The molecule has 1 aromatic carbocycles. The molecule has 0 amide bonds. The number of hydrogen-bond acceptors (Lipinski definition) is 4. The Bertz CT molecular complexity index is 597. The van der Waals surface area contributed by atoms with Gasteiger partial charge in [-0.25, -0.2) is 9.37 Å². The molecular weight excluding hydrogens is 311 g/mol. The van der Waals surface area contributed by atoms with E-state index in [-0.39, 0.29) is 18.0 Å². The van der Waals surface area contributed by atoms with Gasteiger partial charge >= 0.3 is 0 Å². The van der Waals surface area contributed by atoms with E-state index in [0.29, 0.717) is 19.1 Å². The summed E-state index contributed by atoms with van der Waals surface area (Å²) in [5, 5.41) is 6.61. The minimum absolute atomic E-state index is 0.0387. The van der Waals surface area contributed by atoms with Crippen LogP contribution in [-0.4, -0.2) is 11.6 Å². The smallest absolute Gasteiger partial charge is 0.123 e. The summed E-state index contributed by atoms with van der Waals surface area (Å²) in [6.45, 7) is 9.71. The molecule has 0 aliphatic heterocycles. The Morgan fingerprint density at radius 1 is 1.22 bits per heavy atom. The first kappa shape index (κ1) is 18.0. The lowest BCUT2D eigenvalue weighted by molar-refractivity contribution is 0.0761. The van der Waals surface area contributed by atoms with Crippen LogP contribution in [0.2, 0.25) is 0 Å². The van der Waals surface area contributed by atoms with E-state index < -0.39 is 0 Å². The largest absolute Gasteiger partial charge is 0.372 e. The van der Waals surface area contributed by atoms with Gasteiger partial charge in [-0.2, -0.15) is 0 Å². The first-order valence-corrected chi connectivity index (χ1v) is 8.94. The van der Waals surface area contributed by atoms with Gasteiger partial charge in [0.05, 0.1) is 5.69 Å². The SMILES string of the molecule is CCO[C@H](C)c1nc(CN[C@@H](c2ccc(F)cc2)C(C)C)cs1. The average Bonchev–Trinajstić information content (AvgIpc) is 2.98. The fraction of sp³-hybridized carbons (Fsp3) is 0.500. The minimum Gasteiger partial charge on any atom is -0.372 e. The molecular formula is C18H25FN2OS. The zero-order valence-electron chi connectivity index (χ0n) is 14.2. The zero-order valence-corrected chi connectivity index (χ0v) is 15.0. The third kappa shape index (κ3) is 5.09. The predicted octanol–water partition coefficient (Wildman–Crippen LogP) is 4.87. The van der Waals surface area contributed by atoms with Crippen LogP contribution in [0.15, 0.2) is 29.6 Å². The Morgan fingerprint density at radius 3 is 2.52 bits per heavy atom. The molecule has 126 valence electrons. The molecule has 1 N–H and O–H groups in total. The molecule has 0 unspecified atom stereocenters. The van der Waals surface area contributed by atoms with E-state index in [1.165, 1.54) is 12.1 Å². The number of halogens is 1. The Labute approximate surface area is 141 Å². The highest BCUT2D eigenvalue weighted by molar-refractivity contribution is 7.09. The molecule has 0 spiro atoms. The average molecular weight is 336 g/mol. The highest BCUT2D eigenvalue weighted by atomic mass is 32.1. The molecule has 3 nitrogen and oxygen atoms in total. The molecule has 23 heavy (non-hydrogen) atoms. The van der Waals surface area contributed by atoms with Crippen molar-refractivity contribution in [3.05, 3.63) is 51.7 Å². The van der Waals surface area contributed by atoms with E-state index in [9.17, 15) is 4.39 Å². The van der Waals surface area contributed by atoms with Gasteiger partial charge in [0.2, 0.25) is 0 Å². The molecule has 2 aromatic rings. The monoisotopic (exact) mass is 336 g/mol. The molecule has 1 heterocycles. The summed E-state index contributed by atoms with van der Waals surface area (Å²) in [7, 11) is 0. The van der Waals surface area contributed by atoms with Crippen LogP contribution in [0.5, 0.6) is 0 Å². The van der Waals surface area contributed by atoms with Crippen molar-refractivity contribution in [3.8, 4) is 0 Å². The van der Waals surface area contributed by atoms with E-state index in [1.807, 2.05) is 26.0 Å². The predicted molar refractivity (Wildman–Crippen MR) is 93.0 cm³/mol. The normalized spacial score (nSPS) is 14.2. The summed E-state index contributed by atoms with van der Waals surface area (Å²) < 4.78 is 18.7. The zero-order chi connectivity index (χ0) is 16.8. The Kier molecular flexibility index (Phi) is 6.69. The number of thiazole rings is 1. The van der Waals surface area contributed by atoms with Gasteiger partial charge in [-0.3, -0.25) is 0 Å². The fourth-order valence-electron chi connectivity index (χ4n) is 2.53. The molecule has 5 heteroatoms. The topological polar surface area (TPSA) is 34.1 Å². The quantitative estimate of drug-likeness (QED) is 0.747. The minimum atomic E-state index is -0.203. The van der Waals surface area contributed by atoms with Crippen molar-refractivity contribution in [2.24, 2.45) is 5.92 Å². The maximum atomic E-state index is 13.1. The van der Waals surface area contributed by atoms with Crippen molar-refractivity contribution in [1.82, 2.24) is 10.3 Å². The fourth-order valence-corrected chi connectivity index (χ4v) is 3.36. The van der Waals surface area contributed by atoms with Gasteiger partial charge < -0.3 is 10.1 Å². The number of aromatic nitrogens is 1. The van der Waals surface area contributed by atoms with Crippen LogP contribution in [0.1, 0.15) is 56.1 Å². The summed E-state index contributed by atoms with van der Waals surface area (Å²) in [5.74, 6) is 0.200. The summed E-state index contributed by atoms with van der Waals surface area (Å²) >= 11 is 1.63. The second kappa shape index (κ2) is 8.52. The molecule has 2 rings (SSSR count). The lowest BCUT2D eigenvalue weighted by Crippen LogP contribution is -2.25. The van der Waals surface area contributed by atoms with E-state index in [0.717, 1.165) is 16.3 Å². The number of nitrogens with one attached hydrogen (secondary N) is 1. The Morgan fingerprint density at radius 2 is 1.91 bits per heavy atom. The Hall–Kier alpha value is -1.30. The first-order valence-electron chi connectivity index (χ1n) is 8.06. The van der Waals surface area contributed by atoms with Gasteiger partial charge in [-0.05, 0) is 37.5 Å². The van der Waals surface area contributed by atoms with E-state index >= 15 is 0 Å². The van der Waals surface area contributed by atoms with Crippen LogP contribution in [-0.2, 0) is 11.3 Å². The number of benzene rings is 1. The lowest BCUT2D eigenvalue weighted by atomic mass is 9.96. The van der Waals surface area contributed by atoms with E-state index in [2.05, 4.69) is 29.5 Å². The lowest BCUT2D eigenvalue weighted by Gasteiger charge is -2.22. The summed E-state index contributed by atoms with van der Waals surface area (Å²) in [6.07, 6.45) is 0.0387. The standard InChI is InChI=1S/C18H25FN2OS/c1-5-22-13(4)18-21-16(11-23-18)10-20-17(12(2)3)14-6-8-15(19)9-7-14/h6-9,11-13,17,20H,5,10H2,1-4H3/t13-,17-/m1/s1. The van der Waals surface area contributed by atoms with Crippen molar-refractivity contribution in [2.75, 3.05) is 6.61 Å². The van der Waals surface area contributed by atoms with E-state index in [4.69, 9.17) is 4.74 Å². The third-order valence-electron chi connectivity index (χ3n) is 3.73. The van der Waals surface area contributed by atoms with Crippen molar-refractivity contribution in [2.45, 2.75) is 46.4 Å². The van der Waals surface area contributed by atoms with Gasteiger partial charge in [-0.15, -0.1) is 11.3 Å². The molecule has 0 bridgehead atoms. The van der Waals surface area contributed by atoms with Crippen molar-refractivity contribution >= 4 is 11.3 Å². The van der Waals surface area contributed by atoms with Crippen LogP contribution in [0.4, 0.5) is 4.39 Å². The van der Waals surface area contributed by atoms with Crippen LogP contribution in [0, 0.1) is 11.7 Å². The second-order valence-electron chi connectivity index (χ2n) is 5.93. The molecule has 0 radical (unpaired) electrons. The molecule has 0 saturated carbocycles. The third-order valence-corrected chi connectivity index (χ3v) is 4.79. The molecule has 0 aliphatic rings. The summed E-state index contributed by atoms with van der Waals surface area (Å²) in [5.41, 5.74) is 2.11. The summed E-state index contributed by atoms with van der Waals surface area (Å²) in [6, 6.07) is 6.88. The highest BCUT2D eigenvalue weighted by Gasteiger charge is 2.16. The summed E-state index contributed by atoms with van der Waals surface area (Å²) in [4.78, 5) is 4.64. The molecule has 0 saturated heterocycles. The molecule has 0 fully saturated rings. The van der Waals surface area contributed by atoms with Gasteiger partial charge in [0, 0.05) is 24.6 Å². The van der Waals surface area contributed by atoms with Crippen molar-refractivity contribution < 1.29 is 9.13 Å². The first-order chi connectivity index (χ1) is 11.0. The van der Waals surface area contributed by atoms with Gasteiger partial charge in [0.25, 0.3) is 0 Å². The van der Waals surface area contributed by atoms with Crippen molar-refractivity contribution in [3.63, 3.8) is 0 Å². The maximum absolute atomic E-state index is 13.1. The van der Waals surface area contributed by atoms with E-state index in [1.54, 1.807) is 11.3 Å². The van der Waals surface area contributed by atoms with Crippen molar-refractivity contribution in [1.29, 1.82) is 0 Å². The van der Waals surface area contributed by atoms with Crippen LogP contribution in [0.25, 0.3) is 0 Å². The van der Waals surface area contributed by atoms with Gasteiger partial charge in [-0.1, -0.05) is 26.0 Å². The molecule has 0 aliphatic carbocycles. The molecule has 2 atom stereocenters. The second-order valence-corrected chi connectivity index (χ2v) is 6.82. The van der Waals surface area contributed by atoms with Gasteiger partial charge in [0.1, 0.15) is 16.9 Å². The van der Waals surface area contributed by atoms with Crippen LogP contribution < -0.4 is 5.32 Å². The number of rotatable bonds is 8. The Balaban J connectivity index is 2.00. The maximum Gasteiger partial charge on any atom is 0.123 e. The number of hydrogen-bond donors (Lipinski definition) is 1. The number of nitrogens with zero attached hydrogens (tertiary/aromatic N) is 1. The highest BCUT2D eigenvalue weighted by Crippen LogP contribution is 2.24. The van der Waals surface area contributed by atoms with Gasteiger partial charge in [0.15, 0.2) is 0 Å². The van der Waals surface area contributed by atoms with Crippen LogP contribution >= 0.6 is 11.3 Å². The number of ether oxygens (including phenoxy) is 1. The van der Waals surface area contributed by atoms with Crippen LogP contribution in [0.3, 0.4) is 0 Å². The molecule has 1 aromatic heterocycles.